The molecule has 17 nitrogen and oxygen atoms in total. The first-order valence-corrected chi connectivity index (χ1v) is 17.3. The normalized spacial score (nSPS) is 17.2. The van der Waals surface area contributed by atoms with E-state index in [0.29, 0.717) is 22.3 Å². The molecule has 20 heteroatoms. The van der Waals surface area contributed by atoms with Crippen molar-refractivity contribution >= 4 is 69.5 Å². The predicted octanol–water partition coefficient (Wildman–Crippen LogP) is 2.27. The lowest BCUT2D eigenvalue weighted by Gasteiger charge is -2.49. The van der Waals surface area contributed by atoms with Crippen LogP contribution in [0.3, 0.4) is 0 Å². The molecule has 7 N–H and O–H groups in total. The van der Waals surface area contributed by atoms with E-state index in [-0.39, 0.29) is 69.4 Å². The van der Waals surface area contributed by atoms with Crippen molar-refractivity contribution in [2.45, 2.75) is 29.7 Å². The van der Waals surface area contributed by atoms with Crippen molar-refractivity contribution in [3.05, 3.63) is 75.9 Å². The first-order chi connectivity index (χ1) is 24.0. The number of rotatable bonds is 13. The number of carbonyl (C=O) groups excluding carboxylic acids is 2. The molecule has 6 rings (SSSR count). The summed E-state index contributed by atoms with van der Waals surface area (Å²) in [6, 6.07) is 9.60. The fourth-order valence-electron chi connectivity index (χ4n) is 4.99. The summed E-state index contributed by atoms with van der Waals surface area (Å²) in [7, 11) is 0. The van der Waals surface area contributed by atoms with E-state index in [2.05, 4.69) is 25.7 Å². The van der Waals surface area contributed by atoms with Crippen LogP contribution in [0.25, 0.3) is 11.5 Å². The van der Waals surface area contributed by atoms with Crippen LogP contribution in [-0.2, 0) is 37.0 Å². The molecule has 2 aliphatic heterocycles. The number of β-lactam (4-membered cyclic amide) rings is 1. The monoisotopic (exact) mass is 739 g/mol. The summed E-state index contributed by atoms with van der Waals surface area (Å²) in [5, 5.41) is 54.0. The smallest absolute Gasteiger partial charge is 0.352 e. The number of carboxylic acid groups (broad SMARTS) is 2. The molecule has 0 saturated carbocycles. The van der Waals surface area contributed by atoms with E-state index in [1.54, 1.807) is 24.3 Å². The van der Waals surface area contributed by atoms with Crippen molar-refractivity contribution < 1.29 is 48.9 Å². The number of nitrogens with zero attached hydrogens (tertiary/aromatic N) is 5. The molecule has 2 aromatic heterocycles. The number of nitrogen functional groups attached to an aromatic ring is 1. The zero-order valence-corrected chi connectivity index (χ0v) is 27.8. The SMILES string of the molecule is Nc1nc(/C(=N/OCc2ccccc2CC(=O)O)C(=O)N[C@@H]2C(=O)N3C(C(=O)O)=C(CSc4nnc(-c5ccc(O)c(O)c5)o4)CS[C@H]23)cs1. The molecule has 0 bridgehead atoms. The number of oxime groups is 1. The molecule has 0 unspecified atom stereocenters. The Morgan fingerprint density at radius 3 is 2.60 bits per heavy atom. The van der Waals surface area contributed by atoms with Crippen LogP contribution in [0.5, 0.6) is 11.5 Å². The number of aromatic hydroxyl groups is 2. The van der Waals surface area contributed by atoms with Crippen LogP contribution in [-0.4, -0.2) is 92.9 Å². The number of phenols is 2. The Hall–Kier alpha value is -5.60. The van der Waals surface area contributed by atoms with Crippen molar-refractivity contribution in [2.24, 2.45) is 5.16 Å². The summed E-state index contributed by atoms with van der Waals surface area (Å²) in [5.41, 5.74) is 7.18. The Labute approximate surface area is 293 Å². The molecule has 1 saturated heterocycles. The molecule has 0 aliphatic carbocycles. The molecule has 4 aromatic rings. The van der Waals surface area contributed by atoms with Crippen molar-refractivity contribution in [2.75, 3.05) is 17.2 Å². The van der Waals surface area contributed by atoms with Crippen molar-refractivity contribution in [1.29, 1.82) is 0 Å². The first-order valence-electron chi connectivity index (χ1n) is 14.4. The topological polar surface area (TPSA) is 264 Å². The minimum absolute atomic E-state index is 0.0708. The van der Waals surface area contributed by atoms with Crippen LogP contribution in [0.4, 0.5) is 5.13 Å². The van der Waals surface area contributed by atoms with Crippen LogP contribution in [0.2, 0.25) is 0 Å². The molecule has 0 radical (unpaired) electrons. The third-order valence-electron chi connectivity index (χ3n) is 7.35. The van der Waals surface area contributed by atoms with Crippen LogP contribution in [0.1, 0.15) is 16.8 Å². The maximum Gasteiger partial charge on any atom is 0.352 e. The number of aromatic nitrogens is 3. The Kier molecular flexibility index (Phi) is 9.93. The predicted molar refractivity (Wildman–Crippen MR) is 179 cm³/mol. The fraction of sp³-hybridized carbons (Fsp3) is 0.200. The van der Waals surface area contributed by atoms with Gasteiger partial charge in [0, 0.05) is 22.4 Å². The van der Waals surface area contributed by atoms with E-state index in [0.717, 1.165) is 28.0 Å². The largest absolute Gasteiger partial charge is 0.504 e. The number of thioether (sulfide) groups is 2. The minimum Gasteiger partial charge on any atom is -0.504 e. The van der Waals surface area contributed by atoms with Crippen LogP contribution in [0.15, 0.2) is 73.9 Å². The zero-order valence-electron chi connectivity index (χ0n) is 25.4. The summed E-state index contributed by atoms with van der Waals surface area (Å²) in [4.78, 5) is 61.1. The van der Waals surface area contributed by atoms with Gasteiger partial charge in [0.25, 0.3) is 17.0 Å². The number of fused-ring (bicyclic) bond motifs is 1. The molecule has 50 heavy (non-hydrogen) atoms. The van der Waals surface area contributed by atoms with Gasteiger partial charge in [0.05, 0.1) is 6.42 Å². The van der Waals surface area contributed by atoms with Gasteiger partial charge < -0.3 is 40.7 Å². The van der Waals surface area contributed by atoms with Crippen LogP contribution < -0.4 is 11.1 Å². The Morgan fingerprint density at radius 1 is 1.12 bits per heavy atom. The third kappa shape index (κ3) is 7.21. The third-order valence-corrected chi connectivity index (χ3v) is 10.3. The Morgan fingerprint density at radius 2 is 1.90 bits per heavy atom. The highest BCUT2D eigenvalue weighted by atomic mass is 32.2. The van der Waals surface area contributed by atoms with Gasteiger partial charge in [-0.25, -0.2) is 9.78 Å². The molecule has 2 amide bonds. The lowest BCUT2D eigenvalue weighted by atomic mass is 10.0. The molecule has 0 spiro atoms. The van der Waals surface area contributed by atoms with Gasteiger partial charge in [-0.15, -0.1) is 33.3 Å². The Bertz CT molecular complexity index is 2060. The van der Waals surface area contributed by atoms with E-state index in [4.69, 9.17) is 15.0 Å². The number of hydrogen-bond donors (Lipinski definition) is 6. The standard InChI is InChI=1S/C30H25N7O10S3/c31-29-32-17(12-49-29)21(36-46-9-15-4-2-1-3-13(15)8-20(40)41)24(42)33-22-26(43)37-23(28(44)45)16(10-48-27(22)37)11-50-30-35-34-25(47-30)14-5-6-18(38)19(39)7-14/h1-7,12,22,27,38-39H,8-11H2,(H2,31,32)(H,33,42)(H,40,41)(H,44,45)/b36-21-/t22-,27-/m1/s1. The average molecular weight is 740 g/mol. The Balaban J connectivity index is 1.14. The molecule has 2 aliphatic rings. The van der Waals surface area contributed by atoms with Crippen molar-refractivity contribution in [3.63, 3.8) is 0 Å². The number of carbonyl (C=O) groups is 4. The van der Waals surface area contributed by atoms with Gasteiger partial charge in [0.15, 0.2) is 22.3 Å². The summed E-state index contributed by atoms with van der Waals surface area (Å²) < 4.78 is 5.62. The van der Waals surface area contributed by atoms with Gasteiger partial charge in [-0.2, -0.15) is 0 Å². The number of carboxylic acids is 2. The number of phenolic OH excluding ortho intramolecular Hbond substituents is 2. The highest BCUT2D eigenvalue weighted by Crippen LogP contribution is 2.42. The number of benzene rings is 2. The second-order valence-electron chi connectivity index (χ2n) is 10.6. The molecule has 258 valence electrons. The van der Waals surface area contributed by atoms with E-state index in [1.165, 1.54) is 35.3 Å². The maximum absolute atomic E-state index is 13.5. The van der Waals surface area contributed by atoms with Crippen LogP contribution in [0, 0.1) is 0 Å². The summed E-state index contributed by atoms with van der Waals surface area (Å²) >= 11 is 3.36. The molecular weight excluding hydrogens is 715 g/mol. The maximum atomic E-state index is 13.5. The summed E-state index contributed by atoms with van der Waals surface area (Å²) in [6.45, 7) is -0.159. The molecular formula is C30H25N7O10S3. The van der Waals surface area contributed by atoms with Gasteiger partial charge in [-0.1, -0.05) is 41.2 Å². The number of nitrogens with one attached hydrogen (secondary N) is 1. The van der Waals surface area contributed by atoms with E-state index < -0.39 is 35.2 Å². The average Bonchev–Trinajstić information content (AvgIpc) is 3.74. The van der Waals surface area contributed by atoms with E-state index in [1.807, 2.05) is 0 Å². The molecule has 1 fully saturated rings. The van der Waals surface area contributed by atoms with Crippen LogP contribution >= 0.6 is 34.9 Å². The highest BCUT2D eigenvalue weighted by molar-refractivity contribution is 8.01. The number of hydrogen-bond acceptors (Lipinski definition) is 16. The second-order valence-corrected chi connectivity index (χ2v) is 13.5. The lowest BCUT2D eigenvalue weighted by molar-refractivity contribution is -0.150. The number of anilines is 1. The van der Waals surface area contributed by atoms with Gasteiger partial charge >= 0.3 is 11.9 Å². The first kappa shape index (κ1) is 34.3. The lowest BCUT2D eigenvalue weighted by Crippen LogP contribution is -2.71. The second kappa shape index (κ2) is 14.5. The highest BCUT2D eigenvalue weighted by Gasteiger charge is 2.54. The summed E-state index contributed by atoms with van der Waals surface area (Å²) in [5.74, 6) is -4.12. The van der Waals surface area contributed by atoms with Gasteiger partial charge in [-0.05, 0) is 34.9 Å². The molecule has 2 atom stereocenters. The zero-order chi connectivity index (χ0) is 35.5. The van der Waals surface area contributed by atoms with E-state index >= 15 is 0 Å². The van der Waals surface area contributed by atoms with E-state index in [9.17, 15) is 39.6 Å². The number of amides is 2. The van der Waals surface area contributed by atoms with Gasteiger partial charge in [0.1, 0.15) is 29.4 Å². The molecule has 2 aromatic carbocycles. The minimum atomic E-state index is -1.33. The number of nitrogens with two attached hydrogens (primary N) is 1. The fourth-order valence-corrected chi connectivity index (χ4v) is 7.79. The van der Waals surface area contributed by atoms with Gasteiger partial charge in [0.2, 0.25) is 5.89 Å². The van der Waals surface area contributed by atoms with Crippen molar-refractivity contribution in [1.82, 2.24) is 25.4 Å². The van der Waals surface area contributed by atoms with Gasteiger partial charge in [-0.3, -0.25) is 19.3 Å². The summed E-state index contributed by atoms with van der Waals surface area (Å²) in [6.07, 6.45) is -0.239. The van der Waals surface area contributed by atoms with Crippen molar-refractivity contribution in [3.8, 4) is 23.0 Å². The number of thiazole rings is 1. The number of aliphatic carboxylic acids is 2. The quantitative estimate of drug-likeness (QED) is 0.0378. The molecule has 4 heterocycles.